The van der Waals surface area contributed by atoms with E-state index in [4.69, 9.17) is 4.74 Å². The van der Waals surface area contributed by atoms with Crippen LogP contribution in [-0.4, -0.2) is 5.97 Å². The van der Waals surface area contributed by atoms with E-state index < -0.39 is 11.9 Å². The van der Waals surface area contributed by atoms with Crippen molar-refractivity contribution < 1.29 is 68.6 Å². The van der Waals surface area contributed by atoms with Gasteiger partial charge in [-0.2, -0.15) is 0 Å². The van der Waals surface area contributed by atoms with Crippen LogP contribution in [0.3, 0.4) is 0 Å². The fraction of sp³-hybridized carbons (Fsp3) is 0.0625. The van der Waals surface area contributed by atoms with E-state index >= 15 is 0 Å². The molecule has 2 nitrogen and oxygen atoms in total. The van der Waals surface area contributed by atoms with Crippen LogP contribution < -0.4 is 63.9 Å². The summed E-state index contributed by atoms with van der Waals surface area (Å²) in [5.74, 6) is -0.529. The van der Waals surface area contributed by atoms with Gasteiger partial charge in [-0.15, -0.1) is 0 Å². The number of hydrogen-bond acceptors (Lipinski definition) is 2. The second-order valence-electron chi connectivity index (χ2n) is 4.01. The van der Waals surface area contributed by atoms with Crippen LogP contribution in [0.5, 0.6) is 5.75 Å². The molecule has 0 aliphatic carbocycles. The van der Waals surface area contributed by atoms with Crippen LogP contribution >= 0.6 is 0 Å². The Hall–Kier alpha value is -0.0900. The Kier molecular flexibility index (Phi) is 9.73. The molecule has 20 heavy (non-hydrogen) atoms. The standard InChI is InChI=1S/C16H14O2.2Na/c1-12(2)16(17)18-15-10-8-14(9-11-15)13-6-4-3-5-7-13;;/h3-12H,1-2H2;;/q-2;2*+1. The molecule has 0 spiro atoms. The van der Waals surface area contributed by atoms with Gasteiger partial charge in [0.1, 0.15) is 5.75 Å². The maximum Gasteiger partial charge on any atom is 1.00 e. The Bertz CT molecular complexity index is 522. The van der Waals surface area contributed by atoms with Gasteiger partial charge >= 0.3 is 59.1 Å². The van der Waals surface area contributed by atoms with Gasteiger partial charge in [-0.25, -0.2) is 5.92 Å². The van der Waals surface area contributed by atoms with Crippen molar-refractivity contribution in [2.24, 2.45) is 5.92 Å². The number of hydrogen-bond donors (Lipinski definition) is 0. The first-order chi connectivity index (χ1) is 8.66. The molecule has 0 bridgehead atoms. The largest absolute Gasteiger partial charge is 1.00 e. The number of carbonyl (C=O) groups is 1. The van der Waals surface area contributed by atoms with E-state index in [0.717, 1.165) is 11.1 Å². The minimum absolute atomic E-state index is 0. The van der Waals surface area contributed by atoms with E-state index in [1.54, 1.807) is 12.1 Å². The van der Waals surface area contributed by atoms with E-state index in [0.29, 0.717) is 5.75 Å². The molecule has 0 fully saturated rings. The quantitative estimate of drug-likeness (QED) is 0.271. The Balaban J connectivity index is 0.00000180. The summed E-state index contributed by atoms with van der Waals surface area (Å²) in [7, 11) is 0. The second-order valence-corrected chi connectivity index (χ2v) is 4.01. The first-order valence-electron chi connectivity index (χ1n) is 5.70. The van der Waals surface area contributed by atoms with Crippen molar-refractivity contribution >= 4 is 5.97 Å². The summed E-state index contributed by atoms with van der Waals surface area (Å²) in [6, 6.07) is 17.4. The van der Waals surface area contributed by atoms with Gasteiger partial charge in [0.05, 0.1) is 0 Å². The summed E-state index contributed by atoms with van der Waals surface area (Å²) in [4.78, 5) is 11.3. The maximum atomic E-state index is 11.3. The summed E-state index contributed by atoms with van der Waals surface area (Å²) in [6.45, 7) is 7.03. The monoisotopic (exact) mass is 284 g/mol. The van der Waals surface area contributed by atoms with Crippen LogP contribution in [0.15, 0.2) is 54.6 Å². The van der Waals surface area contributed by atoms with Crippen LogP contribution in [0.1, 0.15) is 0 Å². The number of ether oxygens (including phenoxy) is 1. The molecule has 0 saturated heterocycles. The first kappa shape index (κ1) is 19.9. The molecule has 0 saturated carbocycles. The molecule has 0 unspecified atom stereocenters. The Morgan fingerprint density at radius 2 is 1.35 bits per heavy atom. The third-order valence-electron chi connectivity index (χ3n) is 2.51. The third-order valence-corrected chi connectivity index (χ3v) is 2.51. The summed E-state index contributed by atoms with van der Waals surface area (Å²) in [5.41, 5.74) is 2.21. The predicted octanol–water partition coefficient (Wildman–Crippen LogP) is -2.45. The van der Waals surface area contributed by atoms with E-state index in [9.17, 15) is 4.79 Å². The van der Waals surface area contributed by atoms with Gasteiger partial charge in [0.2, 0.25) is 0 Å². The number of benzene rings is 2. The van der Waals surface area contributed by atoms with Crippen molar-refractivity contribution in [1.82, 2.24) is 0 Å². The average Bonchev–Trinajstić information content (AvgIpc) is 2.40. The van der Waals surface area contributed by atoms with E-state index in [2.05, 4.69) is 13.8 Å². The second kappa shape index (κ2) is 9.78. The predicted molar refractivity (Wildman–Crippen MR) is 71.7 cm³/mol. The summed E-state index contributed by atoms with van der Waals surface area (Å²) >= 11 is 0. The molecule has 0 radical (unpaired) electrons. The topological polar surface area (TPSA) is 26.3 Å². The molecule has 4 heteroatoms. The number of rotatable bonds is 3. The minimum atomic E-state index is -0.612. The van der Waals surface area contributed by atoms with Crippen LogP contribution in [0.2, 0.25) is 0 Å². The Morgan fingerprint density at radius 3 is 1.85 bits per heavy atom. The molecule has 0 aliphatic rings. The Labute approximate surface area is 164 Å². The molecule has 2 aromatic carbocycles. The van der Waals surface area contributed by atoms with E-state index in [1.165, 1.54) is 0 Å². The van der Waals surface area contributed by atoms with Crippen molar-refractivity contribution in [3.05, 3.63) is 68.4 Å². The fourth-order valence-corrected chi connectivity index (χ4v) is 1.55. The van der Waals surface area contributed by atoms with Crippen molar-refractivity contribution in [3.63, 3.8) is 0 Å². The zero-order valence-corrected chi connectivity index (χ0v) is 16.0. The van der Waals surface area contributed by atoms with Crippen molar-refractivity contribution in [1.29, 1.82) is 0 Å². The van der Waals surface area contributed by atoms with Crippen molar-refractivity contribution in [2.45, 2.75) is 0 Å². The third kappa shape index (κ3) is 5.72. The first-order valence-corrected chi connectivity index (χ1v) is 5.70. The van der Waals surface area contributed by atoms with E-state index in [-0.39, 0.29) is 59.1 Å². The smallest absolute Gasteiger partial charge is 0.430 e. The van der Waals surface area contributed by atoms with Gasteiger partial charge < -0.3 is 18.6 Å². The zero-order valence-electron chi connectivity index (χ0n) is 12.0. The molecule has 92 valence electrons. The van der Waals surface area contributed by atoms with Crippen LogP contribution in [0.4, 0.5) is 0 Å². The summed E-state index contributed by atoms with van der Waals surface area (Å²) < 4.78 is 5.10. The zero-order chi connectivity index (χ0) is 13.0. The average molecular weight is 284 g/mol. The molecule has 0 aliphatic heterocycles. The molecular formula is C16H14Na2O2. The summed E-state index contributed by atoms with van der Waals surface area (Å²) in [6.07, 6.45) is 0. The fourth-order valence-electron chi connectivity index (χ4n) is 1.55. The van der Waals surface area contributed by atoms with Gasteiger partial charge in [0, 0.05) is 0 Å². The van der Waals surface area contributed by atoms with Crippen molar-refractivity contribution in [2.75, 3.05) is 0 Å². The Morgan fingerprint density at radius 1 is 0.850 bits per heavy atom. The molecule has 2 rings (SSSR count). The van der Waals surface area contributed by atoms with Crippen LogP contribution in [-0.2, 0) is 4.79 Å². The van der Waals surface area contributed by atoms with Gasteiger partial charge in [0.15, 0.2) is 0 Å². The number of esters is 1. The normalized spacial score (nSPS) is 9.35. The van der Waals surface area contributed by atoms with Gasteiger partial charge in [-0.3, -0.25) is 4.79 Å². The van der Waals surface area contributed by atoms with Gasteiger partial charge in [0.25, 0.3) is 5.97 Å². The van der Waals surface area contributed by atoms with Crippen LogP contribution in [0.25, 0.3) is 11.1 Å². The van der Waals surface area contributed by atoms with E-state index in [1.807, 2.05) is 42.5 Å². The summed E-state index contributed by atoms with van der Waals surface area (Å²) in [5, 5.41) is 0. The molecule has 0 aromatic heterocycles. The molecule has 2 aromatic rings. The maximum absolute atomic E-state index is 11.3. The van der Waals surface area contributed by atoms with Crippen LogP contribution in [0, 0.1) is 19.8 Å². The number of carbonyl (C=O) groups excluding carboxylic acids is 1. The molecular weight excluding hydrogens is 270 g/mol. The molecule has 0 amide bonds. The molecule has 0 heterocycles. The van der Waals surface area contributed by atoms with Gasteiger partial charge in [-0.1, -0.05) is 42.5 Å². The minimum Gasteiger partial charge on any atom is -0.430 e. The SMILES string of the molecule is [CH2-]C([CH2-])C(=O)Oc1ccc(-c2ccccc2)cc1.[Na+].[Na+]. The molecule has 0 atom stereocenters. The molecule has 0 N–H and O–H groups in total. The van der Waals surface area contributed by atoms with Crippen molar-refractivity contribution in [3.8, 4) is 16.9 Å². The van der Waals surface area contributed by atoms with Gasteiger partial charge in [-0.05, 0) is 23.3 Å².